The summed E-state index contributed by atoms with van der Waals surface area (Å²) in [6.45, 7) is 10.2. The summed E-state index contributed by atoms with van der Waals surface area (Å²) in [4.78, 5) is 2.52. The van der Waals surface area contributed by atoms with E-state index >= 15 is 0 Å². The van der Waals surface area contributed by atoms with Gasteiger partial charge in [0, 0.05) is 38.1 Å². The minimum absolute atomic E-state index is 0.200. The summed E-state index contributed by atoms with van der Waals surface area (Å²) >= 11 is 0. The fraction of sp³-hybridized carbons (Fsp3) is 0.647. The lowest BCUT2D eigenvalue weighted by Gasteiger charge is -2.37. The zero-order chi connectivity index (χ0) is 14.5. The number of piperazine rings is 1. The maximum atomic E-state index is 6.07. The fourth-order valence-corrected chi connectivity index (χ4v) is 2.85. The zero-order valence-electron chi connectivity index (χ0n) is 12.9. The second-order valence-corrected chi connectivity index (χ2v) is 6.54. The number of rotatable bonds is 6. The van der Waals surface area contributed by atoms with E-state index in [1.165, 1.54) is 5.56 Å². The molecule has 4 nitrogen and oxygen atoms in total. The molecule has 1 aromatic carbocycles. The van der Waals surface area contributed by atoms with E-state index in [4.69, 9.17) is 9.47 Å². The van der Waals surface area contributed by atoms with Gasteiger partial charge in [0.05, 0.1) is 19.8 Å². The van der Waals surface area contributed by atoms with E-state index in [9.17, 15) is 0 Å². The molecule has 0 unspecified atom stereocenters. The predicted octanol–water partition coefficient (Wildman–Crippen LogP) is 1.55. The Kier molecular flexibility index (Phi) is 4.78. The molecule has 0 saturated carbocycles. The van der Waals surface area contributed by atoms with Crippen LogP contribution in [-0.2, 0) is 11.2 Å². The van der Waals surface area contributed by atoms with Gasteiger partial charge in [0.1, 0.15) is 5.75 Å². The molecule has 4 heteroatoms. The minimum Gasteiger partial charge on any atom is -0.493 e. The van der Waals surface area contributed by atoms with Gasteiger partial charge in [0.15, 0.2) is 0 Å². The minimum atomic E-state index is 0.200. The lowest BCUT2D eigenvalue weighted by atomic mass is 9.90. The standard InChI is InChI=1S/C17H26N2O2/c1-17(12-20-13-17)14-21-16-5-3-2-4-15(16)6-9-19-10-7-18-8-11-19/h2-5,18H,6-14H2,1H3. The Bertz CT molecular complexity index is 454. The van der Waals surface area contributed by atoms with Crippen LogP contribution in [0.3, 0.4) is 0 Å². The highest BCUT2D eigenvalue weighted by Gasteiger charge is 2.34. The van der Waals surface area contributed by atoms with Crippen molar-refractivity contribution >= 4 is 0 Å². The van der Waals surface area contributed by atoms with Crippen molar-refractivity contribution in [2.45, 2.75) is 13.3 Å². The molecule has 2 aliphatic rings. The van der Waals surface area contributed by atoms with Gasteiger partial charge in [0.25, 0.3) is 0 Å². The Labute approximate surface area is 127 Å². The summed E-state index contributed by atoms with van der Waals surface area (Å²) in [6, 6.07) is 8.45. The first kappa shape index (κ1) is 14.8. The van der Waals surface area contributed by atoms with Crippen LogP contribution in [0.2, 0.25) is 0 Å². The van der Waals surface area contributed by atoms with E-state index in [2.05, 4.69) is 41.4 Å². The molecule has 1 N–H and O–H groups in total. The van der Waals surface area contributed by atoms with Crippen molar-refractivity contribution in [1.82, 2.24) is 10.2 Å². The Morgan fingerprint density at radius 2 is 2.00 bits per heavy atom. The molecule has 0 atom stereocenters. The fourth-order valence-electron chi connectivity index (χ4n) is 2.85. The lowest BCUT2D eigenvalue weighted by molar-refractivity contribution is -0.120. The maximum Gasteiger partial charge on any atom is 0.122 e. The topological polar surface area (TPSA) is 33.7 Å². The summed E-state index contributed by atoms with van der Waals surface area (Å²) in [6.07, 6.45) is 1.06. The summed E-state index contributed by atoms with van der Waals surface area (Å²) in [5.74, 6) is 1.04. The summed E-state index contributed by atoms with van der Waals surface area (Å²) in [7, 11) is 0. The molecular weight excluding hydrogens is 264 g/mol. The molecule has 0 bridgehead atoms. The van der Waals surface area contributed by atoms with Crippen molar-refractivity contribution in [3.63, 3.8) is 0 Å². The highest BCUT2D eigenvalue weighted by molar-refractivity contribution is 5.33. The third-order valence-electron chi connectivity index (χ3n) is 4.36. The third kappa shape index (κ3) is 3.96. The van der Waals surface area contributed by atoms with Crippen LogP contribution < -0.4 is 10.1 Å². The maximum absolute atomic E-state index is 6.07. The Morgan fingerprint density at radius 3 is 2.71 bits per heavy atom. The quantitative estimate of drug-likeness (QED) is 0.862. The number of hydrogen-bond acceptors (Lipinski definition) is 4. The zero-order valence-corrected chi connectivity index (χ0v) is 12.9. The molecule has 0 amide bonds. The molecule has 3 rings (SSSR count). The van der Waals surface area contributed by atoms with Crippen LogP contribution in [0.1, 0.15) is 12.5 Å². The Hall–Kier alpha value is -1.10. The first-order valence-corrected chi connectivity index (χ1v) is 7.97. The monoisotopic (exact) mass is 290 g/mol. The molecule has 1 aromatic rings. The van der Waals surface area contributed by atoms with Gasteiger partial charge in [0.2, 0.25) is 0 Å². The van der Waals surface area contributed by atoms with Gasteiger partial charge in [-0.25, -0.2) is 0 Å². The Balaban J connectivity index is 1.54. The van der Waals surface area contributed by atoms with E-state index < -0.39 is 0 Å². The first-order valence-electron chi connectivity index (χ1n) is 7.97. The van der Waals surface area contributed by atoms with Crippen molar-refractivity contribution in [2.24, 2.45) is 5.41 Å². The number of para-hydroxylation sites is 1. The van der Waals surface area contributed by atoms with E-state index in [-0.39, 0.29) is 5.41 Å². The lowest BCUT2D eigenvalue weighted by Crippen LogP contribution is -2.44. The number of nitrogens with one attached hydrogen (secondary N) is 1. The Morgan fingerprint density at radius 1 is 1.24 bits per heavy atom. The smallest absolute Gasteiger partial charge is 0.122 e. The number of hydrogen-bond donors (Lipinski definition) is 1. The van der Waals surface area contributed by atoms with Crippen LogP contribution in [0.5, 0.6) is 5.75 Å². The van der Waals surface area contributed by atoms with Crippen LogP contribution >= 0.6 is 0 Å². The molecular formula is C17H26N2O2. The van der Waals surface area contributed by atoms with Gasteiger partial charge >= 0.3 is 0 Å². The van der Waals surface area contributed by atoms with Crippen LogP contribution in [-0.4, -0.2) is 57.4 Å². The summed E-state index contributed by atoms with van der Waals surface area (Å²) in [5, 5.41) is 3.40. The molecule has 21 heavy (non-hydrogen) atoms. The molecule has 2 saturated heterocycles. The second kappa shape index (κ2) is 6.77. The number of ether oxygens (including phenoxy) is 2. The van der Waals surface area contributed by atoms with Crippen molar-refractivity contribution in [3.8, 4) is 5.75 Å². The van der Waals surface area contributed by atoms with Crippen LogP contribution in [0.25, 0.3) is 0 Å². The molecule has 0 spiro atoms. The van der Waals surface area contributed by atoms with Gasteiger partial charge in [-0.2, -0.15) is 0 Å². The molecule has 116 valence electrons. The second-order valence-electron chi connectivity index (χ2n) is 6.54. The van der Waals surface area contributed by atoms with Crippen molar-refractivity contribution in [2.75, 3.05) is 52.5 Å². The molecule has 0 aliphatic carbocycles. The predicted molar refractivity (Wildman–Crippen MR) is 83.9 cm³/mol. The van der Waals surface area contributed by atoms with Crippen molar-refractivity contribution < 1.29 is 9.47 Å². The van der Waals surface area contributed by atoms with E-state index in [0.29, 0.717) is 0 Å². The molecule has 2 fully saturated rings. The molecule has 2 heterocycles. The van der Waals surface area contributed by atoms with Gasteiger partial charge in [-0.3, -0.25) is 0 Å². The van der Waals surface area contributed by atoms with Gasteiger partial charge in [-0.05, 0) is 18.1 Å². The van der Waals surface area contributed by atoms with Crippen molar-refractivity contribution in [1.29, 1.82) is 0 Å². The van der Waals surface area contributed by atoms with Crippen LogP contribution in [0.4, 0.5) is 0 Å². The van der Waals surface area contributed by atoms with E-state index in [1.54, 1.807) is 0 Å². The molecule has 0 aromatic heterocycles. The van der Waals surface area contributed by atoms with E-state index in [0.717, 1.165) is 64.7 Å². The molecule has 2 aliphatic heterocycles. The van der Waals surface area contributed by atoms with Crippen molar-refractivity contribution in [3.05, 3.63) is 29.8 Å². The number of benzene rings is 1. The van der Waals surface area contributed by atoms with Crippen LogP contribution in [0.15, 0.2) is 24.3 Å². The van der Waals surface area contributed by atoms with Gasteiger partial charge < -0.3 is 19.7 Å². The summed E-state index contributed by atoms with van der Waals surface area (Å²) in [5.41, 5.74) is 1.52. The summed E-state index contributed by atoms with van der Waals surface area (Å²) < 4.78 is 11.4. The third-order valence-corrected chi connectivity index (χ3v) is 4.36. The van der Waals surface area contributed by atoms with Gasteiger partial charge in [-0.15, -0.1) is 0 Å². The highest BCUT2D eigenvalue weighted by Crippen LogP contribution is 2.28. The normalized spacial score (nSPS) is 21.8. The highest BCUT2D eigenvalue weighted by atomic mass is 16.5. The number of nitrogens with zero attached hydrogens (tertiary/aromatic N) is 1. The average Bonchev–Trinajstić information content (AvgIpc) is 2.51. The van der Waals surface area contributed by atoms with Gasteiger partial charge in [-0.1, -0.05) is 25.1 Å². The van der Waals surface area contributed by atoms with E-state index in [1.807, 2.05) is 0 Å². The SMILES string of the molecule is CC1(COc2ccccc2CCN2CCNCC2)COC1. The van der Waals surface area contributed by atoms with Crippen LogP contribution in [0, 0.1) is 5.41 Å². The largest absolute Gasteiger partial charge is 0.493 e. The average molecular weight is 290 g/mol. The molecule has 0 radical (unpaired) electrons. The first-order chi connectivity index (χ1) is 10.3.